The second-order valence-electron chi connectivity index (χ2n) is 3.57. The molecule has 0 aliphatic rings. The quantitative estimate of drug-likeness (QED) is 0.433. The van der Waals surface area contributed by atoms with E-state index in [1.165, 1.54) is 45.1 Å². The predicted molar refractivity (Wildman–Crippen MR) is 61.8 cm³/mol. The van der Waals surface area contributed by atoms with Crippen molar-refractivity contribution in [1.82, 2.24) is 4.90 Å². The fraction of sp³-hybridized carbons (Fsp3) is 0.833. The van der Waals surface area contributed by atoms with Crippen molar-refractivity contribution in [3.63, 3.8) is 0 Å². The summed E-state index contributed by atoms with van der Waals surface area (Å²) < 4.78 is 0. The molecule has 0 bridgehead atoms. The molecule has 0 fully saturated rings. The Morgan fingerprint density at radius 1 is 0.846 bits per heavy atom. The van der Waals surface area contributed by atoms with Crippen LogP contribution in [-0.4, -0.2) is 25.5 Å². The van der Waals surface area contributed by atoms with Crippen LogP contribution < -0.4 is 0 Å². The first-order chi connectivity index (χ1) is 6.27. The van der Waals surface area contributed by atoms with Crippen molar-refractivity contribution < 1.29 is 0 Å². The first-order valence-electron chi connectivity index (χ1n) is 5.25. The molecule has 0 unspecified atom stereocenters. The summed E-state index contributed by atoms with van der Waals surface area (Å²) in [5.41, 5.74) is 0. The largest absolute Gasteiger partial charge is 0.309 e. The first kappa shape index (κ1) is 15.0. The topological polar surface area (TPSA) is 3.24 Å². The summed E-state index contributed by atoms with van der Waals surface area (Å²) in [6, 6.07) is 0. The Labute approximate surface area is 84.5 Å². The Morgan fingerprint density at radius 3 is 1.77 bits per heavy atom. The van der Waals surface area contributed by atoms with E-state index < -0.39 is 0 Å². The van der Waals surface area contributed by atoms with Gasteiger partial charge in [-0.05, 0) is 27.1 Å². The number of terminal acetylenes is 1. The molecule has 0 heterocycles. The Kier molecular flexibility index (Phi) is 16.2. The summed E-state index contributed by atoms with van der Waals surface area (Å²) in [6.45, 7) is 3.52. The van der Waals surface area contributed by atoms with Crippen molar-refractivity contribution in [1.29, 1.82) is 0 Å². The van der Waals surface area contributed by atoms with Gasteiger partial charge in [-0.15, -0.1) is 12.8 Å². The average Bonchev–Trinajstić information content (AvgIpc) is 2.14. The third kappa shape index (κ3) is 18.5. The number of hydrogen-bond donors (Lipinski definition) is 0. The number of rotatable bonds is 7. The van der Waals surface area contributed by atoms with Crippen LogP contribution in [0.1, 0.15) is 45.4 Å². The molecule has 78 valence electrons. The Hall–Kier alpha value is -0.480. The lowest BCUT2D eigenvalue weighted by Gasteiger charge is -2.08. The van der Waals surface area contributed by atoms with Gasteiger partial charge in [0.1, 0.15) is 0 Å². The maximum atomic E-state index is 4.00. The average molecular weight is 183 g/mol. The van der Waals surface area contributed by atoms with Crippen molar-refractivity contribution in [2.24, 2.45) is 0 Å². The minimum atomic E-state index is 1.26. The second-order valence-corrected chi connectivity index (χ2v) is 3.57. The van der Waals surface area contributed by atoms with Crippen molar-refractivity contribution >= 4 is 0 Å². The summed E-state index contributed by atoms with van der Waals surface area (Å²) in [5.74, 6) is 0. The zero-order valence-electron chi connectivity index (χ0n) is 9.55. The van der Waals surface area contributed by atoms with Gasteiger partial charge in [0, 0.05) is 0 Å². The van der Waals surface area contributed by atoms with E-state index in [2.05, 4.69) is 38.8 Å². The van der Waals surface area contributed by atoms with Gasteiger partial charge in [0.2, 0.25) is 0 Å². The van der Waals surface area contributed by atoms with Crippen LogP contribution in [0.3, 0.4) is 0 Å². The third-order valence-electron chi connectivity index (χ3n) is 1.96. The molecular formula is C12H25N. The van der Waals surface area contributed by atoms with Crippen LogP contribution in [0, 0.1) is 12.8 Å². The molecule has 0 amide bonds. The van der Waals surface area contributed by atoms with Gasteiger partial charge >= 0.3 is 0 Å². The van der Waals surface area contributed by atoms with Crippen LogP contribution in [0.15, 0.2) is 0 Å². The highest BCUT2D eigenvalue weighted by Crippen LogP contribution is 2.04. The van der Waals surface area contributed by atoms with Crippen molar-refractivity contribution in [3.8, 4) is 12.8 Å². The predicted octanol–water partition coefficient (Wildman–Crippen LogP) is 3.16. The molecule has 0 aliphatic heterocycles. The van der Waals surface area contributed by atoms with Crippen molar-refractivity contribution in [2.75, 3.05) is 20.6 Å². The molecule has 0 rings (SSSR count). The zero-order valence-corrected chi connectivity index (χ0v) is 9.55. The maximum absolute atomic E-state index is 4.00. The fourth-order valence-electron chi connectivity index (χ4n) is 1.21. The first-order valence-corrected chi connectivity index (χ1v) is 5.25. The van der Waals surface area contributed by atoms with E-state index in [0.717, 1.165) is 0 Å². The van der Waals surface area contributed by atoms with E-state index in [1.807, 2.05) is 0 Å². The fourth-order valence-corrected chi connectivity index (χ4v) is 1.21. The monoisotopic (exact) mass is 183 g/mol. The second kappa shape index (κ2) is 14.1. The normalized spacial score (nSPS) is 9.38. The molecular weight excluding hydrogens is 158 g/mol. The van der Waals surface area contributed by atoms with E-state index in [-0.39, 0.29) is 0 Å². The summed E-state index contributed by atoms with van der Waals surface area (Å²) in [4.78, 5) is 2.26. The molecule has 13 heavy (non-hydrogen) atoms. The zero-order chi connectivity index (χ0) is 10.5. The van der Waals surface area contributed by atoms with Gasteiger partial charge in [-0.1, -0.05) is 39.0 Å². The molecule has 0 saturated heterocycles. The molecule has 0 radical (unpaired) electrons. The van der Waals surface area contributed by atoms with E-state index >= 15 is 0 Å². The highest BCUT2D eigenvalue weighted by atomic mass is 15.0. The van der Waals surface area contributed by atoms with E-state index in [4.69, 9.17) is 0 Å². The van der Waals surface area contributed by atoms with Crippen LogP contribution in [-0.2, 0) is 0 Å². The highest BCUT2D eigenvalue weighted by Gasteiger charge is 1.90. The number of unbranched alkanes of at least 4 members (excludes halogenated alkanes) is 5. The molecule has 0 aliphatic carbocycles. The van der Waals surface area contributed by atoms with Gasteiger partial charge in [0.25, 0.3) is 0 Å². The van der Waals surface area contributed by atoms with Gasteiger partial charge in [-0.25, -0.2) is 0 Å². The molecule has 0 aromatic heterocycles. The minimum Gasteiger partial charge on any atom is -0.309 e. The van der Waals surface area contributed by atoms with Crippen molar-refractivity contribution in [2.45, 2.75) is 45.4 Å². The van der Waals surface area contributed by atoms with Gasteiger partial charge in [-0.2, -0.15) is 0 Å². The lowest BCUT2D eigenvalue weighted by Crippen LogP contribution is -2.12. The van der Waals surface area contributed by atoms with Gasteiger partial charge < -0.3 is 4.90 Å². The Bertz CT molecular complexity index is 94.5. The number of hydrogen-bond acceptors (Lipinski definition) is 1. The molecule has 0 saturated carbocycles. The molecule has 0 N–H and O–H groups in total. The summed E-state index contributed by atoms with van der Waals surface area (Å²) >= 11 is 0. The number of nitrogens with zero attached hydrogens (tertiary/aromatic N) is 1. The minimum absolute atomic E-state index is 1.26. The van der Waals surface area contributed by atoms with Gasteiger partial charge in [0.05, 0.1) is 0 Å². The van der Waals surface area contributed by atoms with Gasteiger partial charge in [0.15, 0.2) is 0 Å². The summed E-state index contributed by atoms with van der Waals surface area (Å²) in [7, 11) is 4.29. The van der Waals surface area contributed by atoms with Crippen LogP contribution in [0.25, 0.3) is 0 Å². The van der Waals surface area contributed by atoms with Crippen molar-refractivity contribution in [3.05, 3.63) is 0 Å². The van der Waals surface area contributed by atoms with E-state index in [1.54, 1.807) is 0 Å². The highest BCUT2D eigenvalue weighted by molar-refractivity contribution is 4.47. The lowest BCUT2D eigenvalue weighted by molar-refractivity contribution is 0.389. The Balaban J connectivity index is 0. The molecule has 0 aromatic rings. The standard InChI is InChI=1S/C10H23N.C2H2/c1-4-5-6-7-8-9-10-11(2)3;1-2/h4-10H2,1-3H3;1-2H. The Morgan fingerprint density at radius 2 is 1.31 bits per heavy atom. The lowest BCUT2D eigenvalue weighted by atomic mass is 10.1. The molecule has 0 spiro atoms. The smallest absolute Gasteiger partial charge is 0.00248 e. The van der Waals surface area contributed by atoms with Crippen LogP contribution in [0.4, 0.5) is 0 Å². The van der Waals surface area contributed by atoms with Gasteiger partial charge in [-0.3, -0.25) is 0 Å². The summed E-state index contributed by atoms with van der Waals surface area (Å²) in [6.07, 6.45) is 16.4. The SMILES string of the molecule is C#C.CCCCCCCCN(C)C. The van der Waals surface area contributed by atoms with E-state index in [9.17, 15) is 0 Å². The third-order valence-corrected chi connectivity index (χ3v) is 1.96. The molecule has 0 atom stereocenters. The van der Waals surface area contributed by atoms with Crippen LogP contribution in [0.2, 0.25) is 0 Å². The summed E-state index contributed by atoms with van der Waals surface area (Å²) in [5, 5.41) is 0. The van der Waals surface area contributed by atoms with E-state index in [0.29, 0.717) is 0 Å². The molecule has 1 heteroatoms. The molecule has 1 nitrogen and oxygen atoms in total. The van der Waals surface area contributed by atoms with Crippen LogP contribution >= 0.6 is 0 Å². The molecule has 0 aromatic carbocycles. The van der Waals surface area contributed by atoms with Crippen LogP contribution in [0.5, 0.6) is 0 Å². The maximum Gasteiger partial charge on any atom is -0.00248 e.